The number of pyridine rings is 1. The second-order valence-electron chi connectivity index (χ2n) is 3.99. The second-order valence-corrected chi connectivity index (χ2v) is 3.99. The lowest BCUT2D eigenvalue weighted by molar-refractivity contribution is 0.102. The predicted octanol–water partition coefficient (Wildman–Crippen LogP) is 2.39. The van der Waals surface area contributed by atoms with Gasteiger partial charge in [-0.2, -0.15) is 0 Å². The van der Waals surface area contributed by atoms with Crippen molar-refractivity contribution in [1.29, 1.82) is 0 Å². The summed E-state index contributed by atoms with van der Waals surface area (Å²) in [6.45, 7) is 1.70. The third-order valence-corrected chi connectivity index (χ3v) is 2.57. The number of rotatable bonds is 3. The van der Waals surface area contributed by atoms with Crippen LogP contribution in [-0.4, -0.2) is 16.0 Å². The molecule has 1 atom stereocenters. The van der Waals surface area contributed by atoms with Gasteiger partial charge in [0.2, 0.25) is 0 Å². The number of aromatic nitrogens is 1. The molecule has 2 rings (SSSR count). The minimum Gasteiger partial charge on any atom is -0.389 e. The van der Waals surface area contributed by atoms with Gasteiger partial charge in [-0.15, -0.1) is 0 Å². The number of carbonyl (C=O) groups excluding carboxylic acids is 1. The zero-order chi connectivity index (χ0) is 13.0. The Morgan fingerprint density at radius 3 is 2.56 bits per heavy atom. The summed E-state index contributed by atoms with van der Waals surface area (Å²) in [5, 5.41) is 12.1. The Hall–Kier alpha value is -2.20. The van der Waals surface area contributed by atoms with Crippen molar-refractivity contribution in [2.24, 2.45) is 0 Å². The number of anilines is 1. The molecule has 0 aliphatic carbocycles. The van der Waals surface area contributed by atoms with Gasteiger partial charge in [0.25, 0.3) is 5.91 Å². The standard InChI is InChI=1S/C14H14N2O2/c1-10(17)11-4-6-13(7-5-11)16-14(18)12-3-2-8-15-9-12/h2-10,17H,1H3,(H,16,18). The van der Waals surface area contributed by atoms with Gasteiger partial charge in [-0.1, -0.05) is 12.1 Å². The summed E-state index contributed by atoms with van der Waals surface area (Å²) in [5.41, 5.74) is 2.01. The number of nitrogens with zero attached hydrogens (tertiary/aromatic N) is 1. The van der Waals surface area contributed by atoms with Crippen molar-refractivity contribution in [2.75, 3.05) is 5.32 Å². The predicted molar refractivity (Wildman–Crippen MR) is 69.3 cm³/mol. The molecular formula is C14H14N2O2. The van der Waals surface area contributed by atoms with Crippen LogP contribution in [0.15, 0.2) is 48.8 Å². The van der Waals surface area contributed by atoms with Gasteiger partial charge in [0.05, 0.1) is 11.7 Å². The molecule has 0 spiro atoms. The van der Waals surface area contributed by atoms with E-state index < -0.39 is 6.10 Å². The fraction of sp³-hybridized carbons (Fsp3) is 0.143. The van der Waals surface area contributed by atoms with Crippen molar-refractivity contribution in [1.82, 2.24) is 4.98 Å². The van der Waals surface area contributed by atoms with Gasteiger partial charge in [0, 0.05) is 18.1 Å². The van der Waals surface area contributed by atoms with E-state index in [1.807, 2.05) is 0 Å². The highest BCUT2D eigenvalue weighted by Gasteiger charge is 2.06. The molecule has 1 unspecified atom stereocenters. The molecule has 2 N–H and O–H groups in total. The number of hydrogen-bond acceptors (Lipinski definition) is 3. The molecule has 2 aromatic rings. The van der Waals surface area contributed by atoms with Crippen molar-refractivity contribution < 1.29 is 9.90 Å². The van der Waals surface area contributed by atoms with Crippen LogP contribution in [0.4, 0.5) is 5.69 Å². The van der Waals surface area contributed by atoms with Crippen LogP contribution in [0.3, 0.4) is 0 Å². The fourth-order valence-corrected chi connectivity index (χ4v) is 1.55. The number of hydrogen-bond donors (Lipinski definition) is 2. The minimum atomic E-state index is -0.506. The lowest BCUT2D eigenvalue weighted by Gasteiger charge is -2.07. The molecule has 4 nitrogen and oxygen atoms in total. The van der Waals surface area contributed by atoms with Crippen LogP contribution < -0.4 is 5.32 Å². The quantitative estimate of drug-likeness (QED) is 0.868. The van der Waals surface area contributed by atoms with Gasteiger partial charge in [-0.05, 0) is 36.8 Å². The van der Waals surface area contributed by atoms with E-state index in [1.54, 1.807) is 49.5 Å². The largest absolute Gasteiger partial charge is 0.389 e. The van der Waals surface area contributed by atoms with E-state index >= 15 is 0 Å². The SMILES string of the molecule is CC(O)c1ccc(NC(=O)c2cccnc2)cc1. The Morgan fingerprint density at radius 1 is 1.28 bits per heavy atom. The molecule has 1 amide bonds. The van der Waals surface area contributed by atoms with Crippen LogP contribution in [0.25, 0.3) is 0 Å². The van der Waals surface area contributed by atoms with Gasteiger partial charge < -0.3 is 10.4 Å². The molecule has 4 heteroatoms. The maximum Gasteiger partial charge on any atom is 0.257 e. The summed E-state index contributed by atoms with van der Waals surface area (Å²) in [4.78, 5) is 15.7. The molecule has 0 saturated carbocycles. The van der Waals surface area contributed by atoms with Crippen molar-refractivity contribution in [3.8, 4) is 0 Å². The van der Waals surface area contributed by atoms with E-state index in [0.717, 1.165) is 5.56 Å². The zero-order valence-corrected chi connectivity index (χ0v) is 10.00. The lowest BCUT2D eigenvalue weighted by atomic mass is 10.1. The highest BCUT2D eigenvalue weighted by Crippen LogP contribution is 2.16. The molecule has 0 fully saturated rings. The van der Waals surface area contributed by atoms with Gasteiger partial charge in [-0.25, -0.2) is 0 Å². The van der Waals surface area contributed by atoms with E-state index in [4.69, 9.17) is 0 Å². The first kappa shape index (κ1) is 12.3. The zero-order valence-electron chi connectivity index (χ0n) is 10.00. The monoisotopic (exact) mass is 242 g/mol. The number of amides is 1. The number of nitrogens with one attached hydrogen (secondary N) is 1. The third-order valence-electron chi connectivity index (χ3n) is 2.57. The molecule has 1 aromatic carbocycles. The first-order chi connectivity index (χ1) is 8.66. The molecule has 0 saturated heterocycles. The Bertz CT molecular complexity index is 521. The van der Waals surface area contributed by atoms with E-state index in [2.05, 4.69) is 10.3 Å². The summed E-state index contributed by atoms with van der Waals surface area (Å²) in [5.74, 6) is -0.201. The molecular weight excluding hydrogens is 228 g/mol. The minimum absolute atomic E-state index is 0.201. The second kappa shape index (κ2) is 5.42. The number of aliphatic hydroxyl groups excluding tert-OH is 1. The Labute approximate surface area is 105 Å². The van der Waals surface area contributed by atoms with Gasteiger partial charge >= 0.3 is 0 Å². The highest BCUT2D eigenvalue weighted by molar-refractivity contribution is 6.03. The third kappa shape index (κ3) is 2.93. The Kier molecular flexibility index (Phi) is 3.69. The lowest BCUT2D eigenvalue weighted by Crippen LogP contribution is -2.11. The van der Waals surface area contributed by atoms with Crippen LogP contribution in [-0.2, 0) is 0 Å². The summed E-state index contributed by atoms with van der Waals surface area (Å²) in [7, 11) is 0. The van der Waals surface area contributed by atoms with Gasteiger partial charge in [0.15, 0.2) is 0 Å². The van der Waals surface area contributed by atoms with Crippen LogP contribution >= 0.6 is 0 Å². The topological polar surface area (TPSA) is 62.2 Å². The molecule has 0 aliphatic rings. The summed E-state index contributed by atoms with van der Waals surface area (Å²) < 4.78 is 0. The molecule has 0 bridgehead atoms. The summed E-state index contributed by atoms with van der Waals surface area (Å²) in [6.07, 6.45) is 2.63. The van der Waals surface area contributed by atoms with Crippen molar-refractivity contribution in [2.45, 2.75) is 13.0 Å². The molecule has 1 aromatic heterocycles. The van der Waals surface area contributed by atoms with Crippen molar-refractivity contribution in [3.63, 3.8) is 0 Å². The van der Waals surface area contributed by atoms with Crippen LogP contribution in [0.5, 0.6) is 0 Å². The molecule has 0 aliphatic heterocycles. The average Bonchev–Trinajstić information content (AvgIpc) is 2.40. The highest BCUT2D eigenvalue weighted by atomic mass is 16.3. The van der Waals surface area contributed by atoms with Crippen molar-refractivity contribution >= 4 is 11.6 Å². The van der Waals surface area contributed by atoms with E-state index in [-0.39, 0.29) is 5.91 Å². The van der Waals surface area contributed by atoms with Gasteiger partial charge in [-0.3, -0.25) is 9.78 Å². The fourth-order valence-electron chi connectivity index (χ4n) is 1.55. The Balaban J connectivity index is 2.08. The van der Waals surface area contributed by atoms with E-state index in [9.17, 15) is 9.90 Å². The van der Waals surface area contributed by atoms with Gasteiger partial charge in [0.1, 0.15) is 0 Å². The van der Waals surface area contributed by atoms with Crippen molar-refractivity contribution in [3.05, 3.63) is 59.9 Å². The smallest absolute Gasteiger partial charge is 0.257 e. The number of carbonyl (C=O) groups is 1. The first-order valence-corrected chi connectivity index (χ1v) is 5.66. The van der Waals surface area contributed by atoms with Crippen LogP contribution in [0.2, 0.25) is 0 Å². The maximum atomic E-state index is 11.8. The molecule has 92 valence electrons. The van der Waals surface area contributed by atoms with Crippen LogP contribution in [0.1, 0.15) is 28.9 Å². The maximum absolute atomic E-state index is 11.8. The average molecular weight is 242 g/mol. The molecule has 1 heterocycles. The van der Waals surface area contributed by atoms with E-state index in [0.29, 0.717) is 11.3 Å². The first-order valence-electron chi connectivity index (χ1n) is 5.66. The van der Waals surface area contributed by atoms with Crippen LogP contribution in [0, 0.1) is 0 Å². The summed E-state index contributed by atoms with van der Waals surface area (Å²) >= 11 is 0. The molecule has 18 heavy (non-hydrogen) atoms. The normalized spacial score (nSPS) is 11.9. The summed E-state index contributed by atoms with van der Waals surface area (Å²) in [6, 6.07) is 10.5. The number of aliphatic hydroxyl groups is 1. The number of benzene rings is 1. The molecule has 0 radical (unpaired) electrons. The van der Waals surface area contributed by atoms with E-state index in [1.165, 1.54) is 6.20 Å². The Morgan fingerprint density at radius 2 is 2.00 bits per heavy atom.